The number of nitrogens with zero attached hydrogens (tertiary/aromatic N) is 1. The molecule has 1 N–H and O–H groups in total. The fraction of sp³-hybridized carbons (Fsp3) is 0.588. The molecule has 1 aromatic rings. The molecule has 4 nitrogen and oxygen atoms in total. The van der Waals surface area contributed by atoms with Gasteiger partial charge in [-0.3, -0.25) is 4.79 Å². The van der Waals surface area contributed by atoms with Crippen LogP contribution in [-0.2, 0) is 9.53 Å². The van der Waals surface area contributed by atoms with Crippen molar-refractivity contribution in [1.82, 2.24) is 10.2 Å². The van der Waals surface area contributed by atoms with Gasteiger partial charge in [-0.15, -0.1) is 0 Å². The van der Waals surface area contributed by atoms with Crippen molar-refractivity contribution < 1.29 is 9.53 Å². The van der Waals surface area contributed by atoms with Crippen molar-refractivity contribution in [2.45, 2.75) is 25.9 Å². The molecule has 116 valence electrons. The molecule has 2 rings (SSSR count). The van der Waals surface area contributed by atoms with Crippen LogP contribution in [0.15, 0.2) is 30.3 Å². The minimum atomic E-state index is -0.461. The Kier molecular flexibility index (Phi) is 6.21. The molecule has 0 aliphatic carbocycles. The minimum Gasteiger partial charge on any atom is -0.364 e. The van der Waals surface area contributed by atoms with E-state index in [9.17, 15) is 4.79 Å². The Morgan fingerprint density at radius 1 is 1.33 bits per heavy atom. The predicted molar refractivity (Wildman–Crippen MR) is 84.0 cm³/mol. The second-order valence-corrected chi connectivity index (χ2v) is 5.57. The molecule has 1 heterocycles. The normalized spacial score (nSPS) is 17.7. The molecule has 1 atom stereocenters. The van der Waals surface area contributed by atoms with Crippen LogP contribution in [-0.4, -0.2) is 44.1 Å². The van der Waals surface area contributed by atoms with Crippen LogP contribution in [0.3, 0.4) is 0 Å². The van der Waals surface area contributed by atoms with Crippen LogP contribution in [0.25, 0.3) is 0 Å². The number of benzene rings is 1. The van der Waals surface area contributed by atoms with E-state index >= 15 is 0 Å². The quantitative estimate of drug-likeness (QED) is 0.873. The van der Waals surface area contributed by atoms with Crippen molar-refractivity contribution in [3.63, 3.8) is 0 Å². The monoisotopic (exact) mass is 290 g/mol. The summed E-state index contributed by atoms with van der Waals surface area (Å²) in [7, 11) is 1.98. The zero-order chi connectivity index (χ0) is 15.1. The Morgan fingerprint density at radius 3 is 2.57 bits per heavy atom. The Hall–Kier alpha value is -1.39. The number of nitrogens with one attached hydrogen (secondary N) is 1. The number of hydrogen-bond acceptors (Lipinski definition) is 3. The van der Waals surface area contributed by atoms with E-state index in [2.05, 4.69) is 5.32 Å². The van der Waals surface area contributed by atoms with Crippen LogP contribution in [0.4, 0.5) is 0 Å². The number of piperidine rings is 1. The Morgan fingerprint density at radius 2 is 2.00 bits per heavy atom. The highest BCUT2D eigenvalue weighted by molar-refractivity contribution is 5.82. The lowest BCUT2D eigenvalue weighted by molar-refractivity contribution is -0.145. The summed E-state index contributed by atoms with van der Waals surface area (Å²) < 4.78 is 5.71. The van der Waals surface area contributed by atoms with Crippen LogP contribution < -0.4 is 5.32 Å². The van der Waals surface area contributed by atoms with E-state index in [0.717, 1.165) is 38.0 Å². The summed E-state index contributed by atoms with van der Waals surface area (Å²) in [6.07, 6.45) is 1.68. The third-order valence-electron chi connectivity index (χ3n) is 4.08. The van der Waals surface area contributed by atoms with Crippen LogP contribution in [0.5, 0.6) is 0 Å². The lowest BCUT2D eigenvalue weighted by Crippen LogP contribution is -2.43. The van der Waals surface area contributed by atoms with Gasteiger partial charge in [0.05, 0.1) is 0 Å². The Labute approximate surface area is 127 Å². The molecule has 21 heavy (non-hydrogen) atoms. The molecule has 0 saturated carbocycles. The van der Waals surface area contributed by atoms with Crippen molar-refractivity contribution in [1.29, 1.82) is 0 Å². The summed E-state index contributed by atoms with van der Waals surface area (Å²) >= 11 is 0. The van der Waals surface area contributed by atoms with Crippen LogP contribution in [0.2, 0.25) is 0 Å². The molecule has 0 bridgehead atoms. The van der Waals surface area contributed by atoms with Gasteiger partial charge in [-0.2, -0.15) is 0 Å². The third kappa shape index (κ3) is 4.29. The summed E-state index contributed by atoms with van der Waals surface area (Å²) in [6.45, 7) is 5.18. The smallest absolute Gasteiger partial charge is 0.256 e. The van der Waals surface area contributed by atoms with Crippen molar-refractivity contribution in [2.24, 2.45) is 5.92 Å². The van der Waals surface area contributed by atoms with Crippen molar-refractivity contribution in [3.05, 3.63) is 35.9 Å². The largest absolute Gasteiger partial charge is 0.364 e. The van der Waals surface area contributed by atoms with E-state index in [1.54, 1.807) is 0 Å². The van der Waals surface area contributed by atoms with Crippen LogP contribution in [0, 0.1) is 5.92 Å². The third-order valence-corrected chi connectivity index (χ3v) is 4.08. The summed E-state index contributed by atoms with van der Waals surface area (Å²) in [4.78, 5) is 14.7. The van der Waals surface area contributed by atoms with Gasteiger partial charge in [0.2, 0.25) is 0 Å². The topological polar surface area (TPSA) is 41.6 Å². The van der Waals surface area contributed by atoms with E-state index < -0.39 is 6.10 Å². The molecule has 4 heteroatoms. The van der Waals surface area contributed by atoms with E-state index in [4.69, 9.17) is 4.74 Å². The Bertz CT molecular complexity index is 428. The van der Waals surface area contributed by atoms with Gasteiger partial charge in [0.15, 0.2) is 6.10 Å². The van der Waals surface area contributed by atoms with Gasteiger partial charge in [0.1, 0.15) is 0 Å². The van der Waals surface area contributed by atoms with E-state index in [1.165, 1.54) is 0 Å². The first-order valence-electron chi connectivity index (χ1n) is 7.86. The highest BCUT2D eigenvalue weighted by Gasteiger charge is 2.29. The summed E-state index contributed by atoms with van der Waals surface area (Å²) in [6, 6.07) is 9.79. The molecule has 0 radical (unpaired) electrons. The summed E-state index contributed by atoms with van der Waals surface area (Å²) in [5.41, 5.74) is 0.946. The first-order valence-corrected chi connectivity index (χ1v) is 7.86. The molecule has 1 aromatic carbocycles. The maximum atomic E-state index is 12.7. The predicted octanol–water partition coefficient (Wildman–Crippen LogP) is 2.22. The van der Waals surface area contributed by atoms with Crippen molar-refractivity contribution >= 4 is 5.91 Å². The van der Waals surface area contributed by atoms with Gasteiger partial charge >= 0.3 is 0 Å². The van der Waals surface area contributed by atoms with Gasteiger partial charge in [0, 0.05) is 19.7 Å². The highest BCUT2D eigenvalue weighted by Crippen LogP contribution is 2.24. The standard InChI is InChI=1S/C17H26N2O2/c1-3-21-16(15-7-5-4-6-8-15)17(20)19-11-9-14(10-12-19)13-18-2/h4-8,14,16,18H,3,9-13H2,1-2H3. The molecule has 1 unspecified atom stereocenters. The lowest BCUT2D eigenvalue weighted by atomic mass is 9.96. The fourth-order valence-corrected chi connectivity index (χ4v) is 2.92. The van der Waals surface area contributed by atoms with Gasteiger partial charge in [-0.25, -0.2) is 0 Å². The number of carbonyl (C=O) groups excluding carboxylic acids is 1. The first kappa shape index (κ1) is 16.0. The number of amides is 1. The zero-order valence-corrected chi connectivity index (χ0v) is 13.0. The number of hydrogen-bond donors (Lipinski definition) is 1. The van der Waals surface area contributed by atoms with Gasteiger partial charge in [-0.05, 0) is 44.8 Å². The lowest BCUT2D eigenvalue weighted by Gasteiger charge is -2.34. The molecular formula is C17H26N2O2. The maximum absolute atomic E-state index is 12.7. The Balaban J connectivity index is 2.00. The minimum absolute atomic E-state index is 0.103. The maximum Gasteiger partial charge on any atom is 0.256 e. The SMILES string of the molecule is CCOC(C(=O)N1CCC(CNC)CC1)c1ccccc1. The molecule has 0 spiro atoms. The number of likely N-dealkylation sites (tertiary alicyclic amines) is 1. The molecule has 1 amide bonds. The van der Waals surface area contributed by atoms with Crippen molar-refractivity contribution in [2.75, 3.05) is 33.3 Å². The second-order valence-electron chi connectivity index (χ2n) is 5.57. The summed E-state index contributed by atoms with van der Waals surface area (Å²) in [5.74, 6) is 0.785. The number of carbonyl (C=O) groups is 1. The molecule has 1 fully saturated rings. The average molecular weight is 290 g/mol. The summed E-state index contributed by atoms with van der Waals surface area (Å²) in [5, 5.41) is 3.22. The molecule has 1 aliphatic heterocycles. The van der Waals surface area contributed by atoms with Gasteiger partial charge in [-0.1, -0.05) is 30.3 Å². The molecule has 0 aromatic heterocycles. The van der Waals surface area contributed by atoms with Crippen LogP contribution >= 0.6 is 0 Å². The van der Waals surface area contributed by atoms with Crippen LogP contribution in [0.1, 0.15) is 31.4 Å². The average Bonchev–Trinajstić information content (AvgIpc) is 2.54. The number of rotatable bonds is 6. The van der Waals surface area contributed by atoms with Gasteiger partial charge in [0.25, 0.3) is 5.91 Å². The fourth-order valence-electron chi connectivity index (χ4n) is 2.92. The van der Waals surface area contributed by atoms with E-state index in [0.29, 0.717) is 12.5 Å². The molecule has 1 saturated heterocycles. The molecular weight excluding hydrogens is 264 g/mol. The molecule has 1 aliphatic rings. The van der Waals surface area contributed by atoms with E-state index in [-0.39, 0.29) is 5.91 Å². The van der Waals surface area contributed by atoms with Crippen molar-refractivity contribution in [3.8, 4) is 0 Å². The second kappa shape index (κ2) is 8.15. The highest BCUT2D eigenvalue weighted by atomic mass is 16.5. The van der Waals surface area contributed by atoms with E-state index in [1.807, 2.05) is 49.2 Å². The number of ether oxygens (including phenoxy) is 1. The first-order chi connectivity index (χ1) is 10.3. The zero-order valence-electron chi connectivity index (χ0n) is 13.0. The van der Waals surface area contributed by atoms with Gasteiger partial charge < -0.3 is 15.0 Å².